The molecule has 27 heavy (non-hydrogen) atoms. The molecule has 2 aromatic heterocycles. The molecule has 3 rings (SSSR count). The zero-order valence-electron chi connectivity index (χ0n) is 15.5. The van der Waals surface area contributed by atoms with Crippen LogP contribution in [0.4, 0.5) is 0 Å². The first kappa shape index (κ1) is 19.1. The van der Waals surface area contributed by atoms with Gasteiger partial charge in [0.25, 0.3) is 0 Å². The minimum absolute atomic E-state index is 0.0198. The lowest BCUT2D eigenvalue weighted by molar-refractivity contribution is -0.118. The van der Waals surface area contributed by atoms with Gasteiger partial charge in [-0.3, -0.25) is 14.3 Å². The van der Waals surface area contributed by atoms with Gasteiger partial charge in [-0.15, -0.1) is 10.2 Å². The van der Waals surface area contributed by atoms with Gasteiger partial charge in [0.15, 0.2) is 5.16 Å². The van der Waals surface area contributed by atoms with E-state index < -0.39 is 0 Å². The maximum atomic E-state index is 12.1. The smallest absolute Gasteiger partial charge is 0.230 e. The number of nitrogens with zero attached hydrogens (tertiary/aromatic N) is 4. The van der Waals surface area contributed by atoms with Crippen molar-refractivity contribution in [1.29, 1.82) is 0 Å². The minimum Gasteiger partial charge on any atom is -0.355 e. The van der Waals surface area contributed by atoms with E-state index in [4.69, 9.17) is 0 Å². The van der Waals surface area contributed by atoms with Gasteiger partial charge in [0.1, 0.15) is 6.33 Å². The van der Waals surface area contributed by atoms with Gasteiger partial charge in [0, 0.05) is 24.6 Å². The fourth-order valence-corrected chi connectivity index (χ4v) is 3.35. The molecule has 0 aliphatic rings. The van der Waals surface area contributed by atoms with Crippen molar-refractivity contribution in [2.24, 2.45) is 0 Å². The molecule has 6 nitrogen and oxygen atoms in total. The average molecular weight is 382 g/mol. The zero-order valence-corrected chi connectivity index (χ0v) is 16.3. The first-order chi connectivity index (χ1) is 13.1. The van der Waals surface area contributed by atoms with Crippen LogP contribution in [0, 0.1) is 0 Å². The average Bonchev–Trinajstić information content (AvgIpc) is 3.16. The fourth-order valence-electron chi connectivity index (χ4n) is 2.59. The highest BCUT2D eigenvalue weighted by atomic mass is 32.2. The molecule has 0 bridgehead atoms. The summed E-state index contributed by atoms with van der Waals surface area (Å²) in [4.78, 5) is 16.2. The minimum atomic E-state index is -0.0198. The Hall–Kier alpha value is -2.67. The van der Waals surface area contributed by atoms with E-state index >= 15 is 0 Å². The van der Waals surface area contributed by atoms with Crippen LogP contribution in [0.2, 0.25) is 0 Å². The normalized spacial score (nSPS) is 10.9. The van der Waals surface area contributed by atoms with Crippen molar-refractivity contribution in [3.8, 4) is 5.69 Å². The number of pyridine rings is 1. The third-order valence-corrected chi connectivity index (χ3v) is 5.09. The number of amides is 1. The Morgan fingerprint density at radius 3 is 2.74 bits per heavy atom. The van der Waals surface area contributed by atoms with E-state index in [2.05, 4.69) is 58.6 Å². The Morgan fingerprint density at radius 1 is 1.22 bits per heavy atom. The van der Waals surface area contributed by atoms with Crippen LogP contribution in [0.3, 0.4) is 0 Å². The van der Waals surface area contributed by atoms with Gasteiger partial charge in [0.05, 0.1) is 5.75 Å². The van der Waals surface area contributed by atoms with Crippen molar-refractivity contribution in [2.75, 3.05) is 12.3 Å². The molecular weight excluding hydrogens is 358 g/mol. The van der Waals surface area contributed by atoms with Gasteiger partial charge in [-0.25, -0.2) is 0 Å². The molecule has 0 spiro atoms. The lowest BCUT2D eigenvalue weighted by atomic mass is 10.0. The molecule has 0 aliphatic heterocycles. The number of carbonyl (C=O) groups is 1. The molecule has 0 unspecified atom stereocenters. The van der Waals surface area contributed by atoms with E-state index in [1.54, 1.807) is 12.5 Å². The van der Waals surface area contributed by atoms with Crippen LogP contribution < -0.4 is 5.32 Å². The van der Waals surface area contributed by atoms with E-state index in [9.17, 15) is 4.79 Å². The Bertz CT molecular complexity index is 862. The fraction of sp³-hybridized carbons (Fsp3) is 0.300. The second-order valence-electron chi connectivity index (χ2n) is 6.48. The summed E-state index contributed by atoms with van der Waals surface area (Å²) in [7, 11) is 0. The summed E-state index contributed by atoms with van der Waals surface area (Å²) in [6, 6.07) is 12.2. The molecule has 2 heterocycles. The van der Waals surface area contributed by atoms with E-state index in [-0.39, 0.29) is 5.91 Å². The van der Waals surface area contributed by atoms with Crippen LogP contribution in [0.5, 0.6) is 0 Å². The van der Waals surface area contributed by atoms with Crippen LogP contribution >= 0.6 is 11.8 Å². The molecule has 1 aromatic carbocycles. The first-order valence-corrected chi connectivity index (χ1v) is 9.91. The largest absolute Gasteiger partial charge is 0.355 e. The highest BCUT2D eigenvalue weighted by molar-refractivity contribution is 7.99. The van der Waals surface area contributed by atoms with Gasteiger partial charge in [-0.1, -0.05) is 43.8 Å². The molecule has 3 aromatic rings. The molecule has 1 amide bonds. The number of benzene rings is 1. The van der Waals surface area contributed by atoms with Crippen LogP contribution in [-0.4, -0.2) is 38.0 Å². The number of hydrogen-bond acceptors (Lipinski definition) is 5. The molecule has 0 aliphatic carbocycles. The molecule has 0 fully saturated rings. The van der Waals surface area contributed by atoms with Gasteiger partial charge < -0.3 is 5.32 Å². The lowest BCUT2D eigenvalue weighted by Crippen LogP contribution is -2.27. The van der Waals surface area contributed by atoms with Crippen molar-refractivity contribution in [3.05, 3.63) is 66.2 Å². The van der Waals surface area contributed by atoms with Gasteiger partial charge in [0.2, 0.25) is 5.91 Å². The van der Waals surface area contributed by atoms with E-state index in [0.717, 1.165) is 17.7 Å². The molecule has 140 valence electrons. The summed E-state index contributed by atoms with van der Waals surface area (Å²) in [5.74, 6) is 0.772. The topological polar surface area (TPSA) is 72.7 Å². The maximum absolute atomic E-state index is 12.1. The predicted molar refractivity (Wildman–Crippen MR) is 107 cm³/mol. The lowest BCUT2D eigenvalue weighted by Gasteiger charge is -2.09. The molecule has 0 saturated carbocycles. The number of rotatable bonds is 8. The molecule has 0 radical (unpaired) electrons. The van der Waals surface area contributed by atoms with Crippen molar-refractivity contribution in [1.82, 2.24) is 25.1 Å². The van der Waals surface area contributed by atoms with Crippen LogP contribution in [0.1, 0.15) is 30.9 Å². The molecular formula is C20H23N5OS. The summed E-state index contributed by atoms with van der Waals surface area (Å²) in [5.41, 5.74) is 3.38. The van der Waals surface area contributed by atoms with Gasteiger partial charge in [-0.2, -0.15) is 0 Å². The number of nitrogens with one attached hydrogen (secondary N) is 1. The summed E-state index contributed by atoms with van der Waals surface area (Å²) in [6.45, 7) is 4.93. The van der Waals surface area contributed by atoms with Gasteiger partial charge in [-0.05, 0) is 41.7 Å². The Morgan fingerprint density at radius 2 is 2.04 bits per heavy atom. The second-order valence-corrected chi connectivity index (χ2v) is 7.42. The van der Waals surface area contributed by atoms with Crippen molar-refractivity contribution in [3.63, 3.8) is 0 Å². The van der Waals surface area contributed by atoms with Crippen LogP contribution in [0.25, 0.3) is 5.69 Å². The molecule has 0 saturated heterocycles. The van der Waals surface area contributed by atoms with Crippen LogP contribution in [-0.2, 0) is 11.2 Å². The number of aromatic nitrogens is 4. The molecule has 0 atom stereocenters. The monoisotopic (exact) mass is 381 g/mol. The first-order valence-electron chi connectivity index (χ1n) is 8.92. The summed E-state index contributed by atoms with van der Waals surface area (Å²) in [6.07, 6.45) is 5.99. The van der Waals surface area contributed by atoms with Gasteiger partial charge >= 0.3 is 0 Å². The van der Waals surface area contributed by atoms with E-state index in [1.807, 2.05) is 22.9 Å². The Balaban J connectivity index is 1.51. The third-order valence-electron chi connectivity index (χ3n) is 4.15. The zero-order chi connectivity index (χ0) is 19.1. The SMILES string of the molecule is CC(C)c1ccc(-n2cnnc2SCC(=O)NCCc2cccnc2)cc1. The number of carbonyl (C=O) groups excluding carboxylic acids is 1. The Labute approximate surface area is 163 Å². The van der Waals surface area contributed by atoms with Crippen molar-refractivity contribution < 1.29 is 4.79 Å². The standard InChI is InChI=1S/C20H23N5OS/c1-15(2)17-5-7-18(8-6-17)25-14-23-24-20(25)27-13-19(26)22-11-9-16-4-3-10-21-12-16/h3-8,10,12,14-15H,9,11,13H2,1-2H3,(H,22,26). The summed E-state index contributed by atoms with van der Waals surface area (Å²) in [5, 5.41) is 11.8. The molecule has 7 heteroatoms. The number of hydrogen-bond donors (Lipinski definition) is 1. The highest BCUT2D eigenvalue weighted by Crippen LogP contribution is 2.21. The van der Waals surface area contributed by atoms with Crippen molar-refractivity contribution >= 4 is 17.7 Å². The predicted octanol–water partition coefficient (Wildman–Crippen LogP) is 3.24. The molecule has 1 N–H and O–H groups in total. The second kappa shape index (κ2) is 9.32. The van der Waals surface area contributed by atoms with E-state index in [0.29, 0.717) is 23.4 Å². The van der Waals surface area contributed by atoms with E-state index in [1.165, 1.54) is 17.3 Å². The van der Waals surface area contributed by atoms with Crippen LogP contribution in [0.15, 0.2) is 60.3 Å². The quantitative estimate of drug-likeness (QED) is 0.607. The maximum Gasteiger partial charge on any atom is 0.230 e. The summed E-state index contributed by atoms with van der Waals surface area (Å²) >= 11 is 1.38. The Kier molecular flexibility index (Phi) is 6.59. The van der Waals surface area contributed by atoms with Crippen molar-refractivity contribution in [2.45, 2.75) is 31.3 Å². The number of thioether (sulfide) groups is 1. The highest BCUT2D eigenvalue weighted by Gasteiger charge is 2.10. The summed E-state index contributed by atoms with van der Waals surface area (Å²) < 4.78 is 1.90. The third kappa shape index (κ3) is 5.40.